The van der Waals surface area contributed by atoms with Crippen LogP contribution in [0.5, 0.6) is 0 Å². The van der Waals surface area contributed by atoms with Crippen LogP contribution in [-0.4, -0.2) is 65.4 Å². The number of carbonyl (C=O) groups excluding carboxylic acids is 1. The molecule has 7 nitrogen and oxygen atoms in total. The summed E-state index contributed by atoms with van der Waals surface area (Å²) in [5.74, 6) is 0.298. The van der Waals surface area contributed by atoms with Gasteiger partial charge in [-0.2, -0.15) is 4.31 Å². The third kappa shape index (κ3) is 4.00. The van der Waals surface area contributed by atoms with E-state index in [2.05, 4.69) is 9.97 Å². The molecule has 0 saturated carbocycles. The van der Waals surface area contributed by atoms with Crippen molar-refractivity contribution in [3.8, 4) is 0 Å². The third-order valence-corrected chi connectivity index (χ3v) is 6.74. The summed E-state index contributed by atoms with van der Waals surface area (Å²) in [6.45, 7) is 3.76. The van der Waals surface area contributed by atoms with E-state index in [-0.39, 0.29) is 11.9 Å². The van der Waals surface area contributed by atoms with Crippen molar-refractivity contribution in [2.45, 2.75) is 45.1 Å². The van der Waals surface area contributed by atoms with Crippen LogP contribution in [-0.2, 0) is 10.0 Å². The molecule has 2 aliphatic rings. The van der Waals surface area contributed by atoms with Crippen LogP contribution in [0.1, 0.15) is 48.2 Å². The molecule has 1 amide bonds. The quantitative estimate of drug-likeness (QED) is 0.808. The van der Waals surface area contributed by atoms with Crippen LogP contribution in [0.25, 0.3) is 0 Å². The molecule has 3 heterocycles. The van der Waals surface area contributed by atoms with E-state index in [1.54, 1.807) is 10.5 Å². The van der Waals surface area contributed by atoms with E-state index < -0.39 is 10.0 Å². The first-order valence-corrected chi connectivity index (χ1v) is 10.8. The van der Waals surface area contributed by atoms with E-state index in [1.165, 1.54) is 12.6 Å². The number of piperidine rings is 2. The molecule has 2 aliphatic heterocycles. The predicted octanol–water partition coefficient (Wildman–Crippen LogP) is 1.45. The summed E-state index contributed by atoms with van der Waals surface area (Å²) in [6, 6.07) is 0.0859. The lowest BCUT2D eigenvalue weighted by molar-refractivity contribution is 0.0619. The molecule has 0 unspecified atom stereocenters. The van der Waals surface area contributed by atoms with Crippen molar-refractivity contribution >= 4 is 15.9 Å². The molecular weight excluding hydrogens is 340 g/mol. The van der Waals surface area contributed by atoms with Crippen LogP contribution in [0.4, 0.5) is 0 Å². The van der Waals surface area contributed by atoms with Gasteiger partial charge in [-0.05, 0) is 38.5 Å². The van der Waals surface area contributed by atoms with Gasteiger partial charge in [0.15, 0.2) is 0 Å². The maximum absolute atomic E-state index is 12.7. The Morgan fingerprint density at radius 1 is 1.16 bits per heavy atom. The fourth-order valence-corrected chi connectivity index (χ4v) is 5.30. The number of rotatable bonds is 3. The van der Waals surface area contributed by atoms with Crippen molar-refractivity contribution in [2.24, 2.45) is 5.92 Å². The normalized spacial score (nSPS) is 23.6. The van der Waals surface area contributed by atoms with Gasteiger partial charge < -0.3 is 4.90 Å². The highest BCUT2D eigenvalue weighted by atomic mass is 32.2. The molecule has 8 heteroatoms. The number of likely N-dealkylation sites (tertiary alicyclic amines) is 1. The van der Waals surface area contributed by atoms with E-state index in [4.69, 9.17) is 0 Å². The third-order valence-electron chi connectivity index (χ3n) is 5.44. The smallest absolute Gasteiger partial charge is 0.257 e. The van der Waals surface area contributed by atoms with Gasteiger partial charge in [0.1, 0.15) is 6.33 Å². The van der Waals surface area contributed by atoms with Gasteiger partial charge in [0.2, 0.25) is 10.0 Å². The Hall–Kier alpha value is -1.54. The highest BCUT2D eigenvalue weighted by Crippen LogP contribution is 2.32. The second kappa shape index (κ2) is 7.37. The number of hydrogen-bond acceptors (Lipinski definition) is 5. The molecule has 1 aromatic heterocycles. The largest absolute Gasteiger partial charge is 0.339 e. The first kappa shape index (κ1) is 18.3. The van der Waals surface area contributed by atoms with Gasteiger partial charge in [0, 0.05) is 31.9 Å². The van der Waals surface area contributed by atoms with E-state index in [9.17, 15) is 13.2 Å². The molecule has 0 spiro atoms. The zero-order valence-corrected chi connectivity index (χ0v) is 15.7. The van der Waals surface area contributed by atoms with Crippen molar-refractivity contribution in [3.63, 3.8) is 0 Å². The summed E-state index contributed by atoms with van der Waals surface area (Å²) in [5.41, 5.74) is 1.24. The lowest BCUT2D eigenvalue weighted by Crippen LogP contribution is -2.50. The molecule has 2 saturated heterocycles. The molecule has 0 N–H and O–H groups in total. The number of amides is 1. The molecule has 0 radical (unpaired) electrons. The SMILES string of the molecule is Cc1ncncc1C(=O)N1CCC([C@H]2CCCCN2S(C)(=O)=O)CC1. The number of nitrogens with zero attached hydrogens (tertiary/aromatic N) is 4. The zero-order valence-electron chi connectivity index (χ0n) is 14.9. The number of aryl methyl sites for hydroxylation is 1. The van der Waals surface area contributed by atoms with Gasteiger partial charge in [-0.25, -0.2) is 18.4 Å². The van der Waals surface area contributed by atoms with Gasteiger partial charge in [-0.1, -0.05) is 6.42 Å². The van der Waals surface area contributed by atoms with Crippen LogP contribution in [0.2, 0.25) is 0 Å². The topological polar surface area (TPSA) is 83.5 Å². The molecule has 0 aliphatic carbocycles. The summed E-state index contributed by atoms with van der Waals surface area (Å²) in [4.78, 5) is 22.6. The monoisotopic (exact) mass is 366 g/mol. The van der Waals surface area contributed by atoms with Gasteiger partial charge in [0.05, 0.1) is 17.5 Å². The number of sulfonamides is 1. The zero-order chi connectivity index (χ0) is 18.0. The Bertz CT molecular complexity index is 729. The summed E-state index contributed by atoms with van der Waals surface area (Å²) in [7, 11) is -3.17. The lowest BCUT2D eigenvalue weighted by Gasteiger charge is -2.42. The molecule has 138 valence electrons. The van der Waals surface area contributed by atoms with Crippen LogP contribution in [0.3, 0.4) is 0 Å². The van der Waals surface area contributed by atoms with Crippen molar-refractivity contribution in [1.29, 1.82) is 0 Å². The summed E-state index contributed by atoms with van der Waals surface area (Å²) in [6.07, 6.45) is 8.96. The Kier molecular flexibility index (Phi) is 5.38. The molecule has 2 fully saturated rings. The molecule has 1 atom stereocenters. The van der Waals surface area contributed by atoms with Crippen molar-refractivity contribution in [1.82, 2.24) is 19.2 Å². The van der Waals surface area contributed by atoms with E-state index in [0.717, 1.165) is 32.1 Å². The van der Waals surface area contributed by atoms with Crippen molar-refractivity contribution < 1.29 is 13.2 Å². The Labute approximate surface area is 149 Å². The highest BCUT2D eigenvalue weighted by molar-refractivity contribution is 7.88. The molecule has 3 rings (SSSR count). The predicted molar refractivity (Wildman–Crippen MR) is 94.6 cm³/mol. The fraction of sp³-hybridized carbons (Fsp3) is 0.706. The molecule has 25 heavy (non-hydrogen) atoms. The first-order valence-electron chi connectivity index (χ1n) is 8.90. The highest BCUT2D eigenvalue weighted by Gasteiger charge is 2.37. The minimum absolute atomic E-state index is 0.0276. The summed E-state index contributed by atoms with van der Waals surface area (Å²) in [5, 5.41) is 0. The van der Waals surface area contributed by atoms with E-state index in [0.29, 0.717) is 36.8 Å². The van der Waals surface area contributed by atoms with Crippen molar-refractivity contribution in [3.05, 3.63) is 23.8 Å². The fourth-order valence-electron chi connectivity index (χ4n) is 4.07. The Morgan fingerprint density at radius 3 is 2.52 bits per heavy atom. The molecule has 0 aromatic carbocycles. The van der Waals surface area contributed by atoms with Gasteiger partial charge in [-0.3, -0.25) is 4.79 Å². The van der Waals surface area contributed by atoms with Crippen LogP contribution >= 0.6 is 0 Å². The standard InChI is InChI=1S/C17H26N4O3S/c1-13-15(11-18-12-19-13)17(22)20-9-6-14(7-10-20)16-5-3-4-8-21(16)25(2,23)24/h11-12,14,16H,3-10H2,1-2H3/t16-/m1/s1. The Balaban J connectivity index is 1.65. The van der Waals surface area contributed by atoms with Gasteiger partial charge >= 0.3 is 0 Å². The van der Waals surface area contributed by atoms with E-state index in [1.807, 2.05) is 11.8 Å². The minimum Gasteiger partial charge on any atom is -0.339 e. The number of aromatic nitrogens is 2. The Morgan fingerprint density at radius 2 is 1.88 bits per heavy atom. The van der Waals surface area contributed by atoms with Crippen LogP contribution < -0.4 is 0 Å². The second-order valence-electron chi connectivity index (χ2n) is 7.09. The minimum atomic E-state index is -3.17. The average Bonchev–Trinajstić information content (AvgIpc) is 2.61. The maximum Gasteiger partial charge on any atom is 0.257 e. The maximum atomic E-state index is 12.7. The summed E-state index contributed by atoms with van der Waals surface area (Å²) >= 11 is 0. The lowest BCUT2D eigenvalue weighted by atomic mass is 9.85. The first-order chi connectivity index (χ1) is 11.9. The van der Waals surface area contributed by atoms with Gasteiger partial charge in [-0.15, -0.1) is 0 Å². The van der Waals surface area contributed by atoms with Gasteiger partial charge in [0.25, 0.3) is 5.91 Å². The van der Waals surface area contributed by atoms with Crippen LogP contribution in [0, 0.1) is 12.8 Å². The number of carbonyl (C=O) groups is 1. The molecular formula is C17H26N4O3S. The second-order valence-corrected chi connectivity index (χ2v) is 9.02. The molecule has 0 bridgehead atoms. The summed E-state index contributed by atoms with van der Waals surface area (Å²) < 4.78 is 25.9. The molecule has 1 aromatic rings. The van der Waals surface area contributed by atoms with Crippen LogP contribution in [0.15, 0.2) is 12.5 Å². The average molecular weight is 366 g/mol. The number of hydrogen-bond donors (Lipinski definition) is 0. The van der Waals surface area contributed by atoms with Crippen molar-refractivity contribution in [2.75, 3.05) is 25.9 Å². The van der Waals surface area contributed by atoms with E-state index >= 15 is 0 Å².